The summed E-state index contributed by atoms with van der Waals surface area (Å²) in [5.74, 6) is -0.0596. The summed E-state index contributed by atoms with van der Waals surface area (Å²) in [6, 6.07) is 5.33. The van der Waals surface area contributed by atoms with Gasteiger partial charge in [-0.05, 0) is 38.0 Å². The number of aromatic nitrogens is 2. The third kappa shape index (κ3) is 4.49. The zero-order valence-corrected chi connectivity index (χ0v) is 15.1. The first kappa shape index (κ1) is 18.3. The number of rotatable bonds is 6. The number of aryl methyl sites for hydroxylation is 1. The van der Waals surface area contributed by atoms with Gasteiger partial charge >= 0.3 is 0 Å². The molecule has 0 atom stereocenters. The average molecular weight is 364 g/mol. The van der Waals surface area contributed by atoms with Crippen LogP contribution in [0.1, 0.15) is 16.8 Å². The molecule has 0 fully saturated rings. The van der Waals surface area contributed by atoms with E-state index in [1.165, 1.54) is 11.8 Å². The van der Waals surface area contributed by atoms with Gasteiger partial charge in [0.15, 0.2) is 5.16 Å². The Morgan fingerprint density at radius 2 is 2.21 bits per heavy atom. The molecule has 1 aromatic heterocycles. The van der Waals surface area contributed by atoms with E-state index in [9.17, 15) is 9.59 Å². The predicted molar refractivity (Wildman–Crippen MR) is 99.0 cm³/mol. The molecule has 1 aromatic carbocycles. The molecule has 2 rings (SSSR count). The van der Waals surface area contributed by atoms with E-state index in [1.54, 1.807) is 31.2 Å². The van der Waals surface area contributed by atoms with Crippen LogP contribution in [0, 0.1) is 13.8 Å². The van der Waals surface area contributed by atoms with Crippen molar-refractivity contribution in [3.63, 3.8) is 0 Å². The lowest BCUT2D eigenvalue weighted by Gasteiger charge is -2.09. The Labute approximate surface area is 149 Å². The van der Waals surface area contributed by atoms with Crippen LogP contribution >= 0.6 is 23.4 Å². The third-order valence-electron chi connectivity index (χ3n) is 3.43. The maximum atomic E-state index is 12.1. The number of nitrogens with one attached hydrogen (secondary N) is 2. The van der Waals surface area contributed by atoms with Gasteiger partial charge in [-0.3, -0.25) is 9.59 Å². The van der Waals surface area contributed by atoms with Crippen molar-refractivity contribution in [1.29, 1.82) is 0 Å². The predicted octanol–water partition coefficient (Wildman–Crippen LogP) is 3.50. The maximum absolute atomic E-state index is 12.1. The Morgan fingerprint density at radius 3 is 2.88 bits per heavy atom. The molecule has 1 amide bonds. The van der Waals surface area contributed by atoms with Crippen molar-refractivity contribution in [1.82, 2.24) is 9.97 Å². The zero-order chi connectivity index (χ0) is 17.7. The molecule has 0 saturated heterocycles. The molecular formula is C17H18ClN3O2S. The van der Waals surface area contributed by atoms with Crippen molar-refractivity contribution in [3.05, 3.63) is 63.1 Å². The molecular weight excluding hydrogens is 346 g/mol. The highest BCUT2D eigenvalue weighted by Crippen LogP contribution is 2.23. The first-order valence-electron chi connectivity index (χ1n) is 7.30. The zero-order valence-electron chi connectivity index (χ0n) is 13.5. The Kier molecular flexibility index (Phi) is 6.23. The van der Waals surface area contributed by atoms with Crippen molar-refractivity contribution < 1.29 is 4.79 Å². The van der Waals surface area contributed by atoms with Crippen LogP contribution in [0.15, 0.2) is 40.8 Å². The fraction of sp³-hybridized carbons (Fsp3) is 0.235. The average Bonchev–Trinajstić information content (AvgIpc) is 2.53. The van der Waals surface area contributed by atoms with E-state index in [0.29, 0.717) is 33.5 Å². The number of anilines is 1. The van der Waals surface area contributed by atoms with Gasteiger partial charge in [-0.1, -0.05) is 35.5 Å². The molecule has 0 saturated carbocycles. The summed E-state index contributed by atoms with van der Waals surface area (Å²) < 4.78 is 0. The third-order valence-corrected chi connectivity index (χ3v) is 4.71. The van der Waals surface area contributed by atoms with Crippen molar-refractivity contribution in [2.24, 2.45) is 0 Å². The van der Waals surface area contributed by atoms with E-state index >= 15 is 0 Å². The number of benzene rings is 1. The summed E-state index contributed by atoms with van der Waals surface area (Å²) in [6.07, 6.45) is 2.13. The number of H-pyrrole nitrogens is 1. The summed E-state index contributed by atoms with van der Waals surface area (Å²) in [6.45, 7) is 7.24. The number of hydrogen-bond donors (Lipinski definition) is 2. The van der Waals surface area contributed by atoms with Crippen LogP contribution in [0.3, 0.4) is 0 Å². The number of nitrogens with zero attached hydrogens (tertiary/aromatic N) is 1. The largest absolute Gasteiger partial charge is 0.325 e. The molecule has 2 N–H and O–H groups in total. The van der Waals surface area contributed by atoms with E-state index in [0.717, 1.165) is 5.56 Å². The number of carbonyl (C=O) groups is 1. The molecule has 0 radical (unpaired) electrons. The minimum atomic E-state index is -0.198. The van der Waals surface area contributed by atoms with Crippen molar-refractivity contribution in [3.8, 4) is 0 Å². The summed E-state index contributed by atoms with van der Waals surface area (Å²) in [5.41, 5.74) is 2.53. The Balaban J connectivity index is 2.03. The Bertz CT molecular complexity index is 833. The summed E-state index contributed by atoms with van der Waals surface area (Å²) >= 11 is 7.21. The van der Waals surface area contributed by atoms with Gasteiger partial charge in [0, 0.05) is 22.0 Å². The molecule has 24 heavy (non-hydrogen) atoms. The fourth-order valence-electron chi connectivity index (χ4n) is 2.10. The number of aromatic amines is 1. The first-order valence-corrected chi connectivity index (χ1v) is 8.67. The number of halogens is 1. The number of thioether (sulfide) groups is 1. The van der Waals surface area contributed by atoms with E-state index in [2.05, 4.69) is 21.9 Å². The van der Waals surface area contributed by atoms with Crippen LogP contribution < -0.4 is 10.9 Å². The molecule has 0 aliphatic rings. The highest BCUT2D eigenvalue weighted by molar-refractivity contribution is 7.99. The van der Waals surface area contributed by atoms with Gasteiger partial charge in [0.05, 0.1) is 5.75 Å². The second kappa shape index (κ2) is 8.17. The molecule has 0 aliphatic carbocycles. The second-order valence-corrected chi connectivity index (χ2v) is 6.55. The standard InChI is InChI=1S/C17H18ClN3O2S/c1-4-6-12-11(3)19-17(21-16(12)23)24-9-15(22)20-14-8-5-7-13(18)10(14)2/h4-5,7-8H,1,6,9H2,2-3H3,(H,20,22)(H,19,21,23). The monoisotopic (exact) mass is 363 g/mol. The van der Waals surface area contributed by atoms with Gasteiger partial charge < -0.3 is 10.3 Å². The minimum Gasteiger partial charge on any atom is -0.325 e. The van der Waals surface area contributed by atoms with Crippen LogP contribution in [-0.4, -0.2) is 21.6 Å². The van der Waals surface area contributed by atoms with Crippen LogP contribution in [0.2, 0.25) is 5.02 Å². The van der Waals surface area contributed by atoms with Gasteiger partial charge in [0.25, 0.3) is 5.56 Å². The van der Waals surface area contributed by atoms with Crippen LogP contribution in [0.4, 0.5) is 5.69 Å². The topological polar surface area (TPSA) is 74.8 Å². The van der Waals surface area contributed by atoms with Crippen LogP contribution in [0.25, 0.3) is 0 Å². The minimum absolute atomic E-state index is 0.134. The van der Waals surface area contributed by atoms with Gasteiger partial charge in [-0.2, -0.15) is 0 Å². The number of amides is 1. The first-order chi connectivity index (χ1) is 11.4. The van der Waals surface area contributed by atoms with Gasteiger partial charge in [-0.15, -0.1) is 6.58 Å². The van der Waals surface area contributed by atoms with Crippen molar-refractivity contribution in [2.75, 3.05) is 11.1 Å². The molecule has 0 spiro atoms. The lowest BCUT2D eigenvalue weighted by molar-refractivity contribution is -0.113. The lowest BCUT2D eigenvalue weighted by Crippen LogP contribution is -2.18. The number of allylic oxidation sites excluding steroid dienone is 1. The molecule has 1 heterocycles. The molecule has 126 valence electrons. The second-order valence-electron chi connectivity index (χ2n) is 5.18. The smallest absolute Gasteiger partial charge is 0.255 e. The van der Waals surface area contributed by atoms with E-state index in [1.807, 2.05) is 6.92 Å². The van der Waals surface area contributed by atoms with E-state index < -0.39 is 0 Å². The normalized spacial score (nSPS) is 10.5. The van der Waals surface area contributed by atoms with Crippen LogP contribution in [0.5, 0.6) is 0 Å². The highest BCUT2D eigenvalue weighted by atomic mass is 35.5. The molecule has 0 bridgehead atoms. The van der Waals surface area contributed by atoms with Crippen LogP contribution in [-0.2, 0) is 11.2 Å². The number of carbonyl (C=O) groups excluding carboxylic acids is 1. The highest BCUT2D eigenvalue weighted by Gasteiger charge is 2.11. The fourth-order valence-corrected chi connectivity index (χ4v) is 2.98. The summed E-state index contributed by atoms with van der Waals surface area (Å²) in [5, 5.41) is 3.82. The van der Waals surface area contributed by atoms with E-state index in [-0.39, 0.29) is 17.2 Å². The molecule has 5 nitrogen and oxygen atoms in total. The Morgan fingerprint density at radius 1 is 1.46 bits per heavy atom. The van der Waals surface area contributed by atoms with Gasteiger partial charge in [0.2, 0.25) is 5.91 Å². The van der Waals surface area contributed by atoms with E-state index in [4.69, 9.17) is 11.6 Å². The SMILES string of the molecule is C=CCc1c(C)nc(SCC(=O)Nc2cccc(Cl)c2C)[nH]c1=O. The summed E-state index contributed by atoms with van der Waals surface area (Å²) in [4.78, 5) is 31.1. The number of hydrogen-bond acceptors (Lipinski definition) is 4. The lowest BCUT2D eigenvalue weighted by atomic mass is 10.2. The summed E-state index contributed by atoms with van der Waals surface area (Å²) in [7, 11) is 0. The maximum Gasteiger partial charge on any atom is 0.255 e. The molecule has 0 aliphatic heterocycles. The molecule has 7 heteroatoms. The quantitative estimate of drug-likeness (QED) is 0.468. The van der Waals surface area contributed by atoms with Gasteiger partial charge in [0.1, 0.15) is 0 Å². The Hall–Kier alpha value is -2.05. The van der Waals surface area contributed by atoms with Crippen molar-refractivity contribution >= 4 is 35.0 Å². The van der Waals surface area contributed by atoms with Crippen molar-refractivity contribution in [2.45, 2.75) is 25.4 Å². The molecule has 0 unspecified atom stereocenters. The molecule has 2 aromatic rings. The van der Waals surface area contributed by atoms with Gasteiger partial charge in [-0.25, -0.2) is 4.98 Å².